The molecule has 1 saturated carbocycles. The van der Waals surface area contributed by atoms with E-state index < -0.39 is 0 Å². The molecule has 52 valence electrons. The Balaban J connectivity index is 2.05. The second-order valence-corrected chi connectivity index (χ2v) is 3.53. The van der Waals surface area contributed by atoms with Crippen molar-refractivity contribution in [1.82, 2.24) is 5.32 Å². The molecule has 2 rings (SSSR count). The van der Waals surface area contributed by atoms with Crippen molar-refractivity contribution in [3.8, 4) is 0 Å². The topological polar surface area (TPSA) is 12.0 Å². The largest absolute Gasteiger partial charge is 0.313 e. The zero-order valence-corrected chi connectivity index (χ0v) is 6.11. The standard InChI is InChI=1S/C8H15N/c1-2-7-8(3-4-8)5-6-9-7/h7,9H,2-6H2,1H3. The Hall–Kier alpha value is -0.0400. The van der Waals surface area contributed by atoms with Crippen LogP contribution >= 0.6 is 0 Å². The van der Waals surface area contributed by atoms with Crippen LogP contribution < -0.4 is 5.32 Å². The smallest absolute Gasteiger partial charge is 0.0121 e. The van der Waals surface area contributed by atoms with E-state index in [0.29, 0.717) is 0 Å². The van der Waals surface area contributed by atoms with Crippen LogP contribution in [0.4, 0.5) is 0 Å². The Kier molecular flexibility index (Phi) is 1.10. The van der Waals surface area contributed by atoms with Crippen molar-refractivity contribution < 1.29 is 0 Å². The van der Waals surface area contributed by atoms with Gasteiger partial charge in [-0.2, -0.15) is 0 Å². The fourth-order valence-electron chi connectivity index (χ4n) is 2.22. The van der Waals surface area contributed by atoms with E-state index in [0.717, 1.165) is 11.5 Å². The maximum Gasteiger partial charge on any atom is 0.0121 e. The highest BCUT2D eigenvalue weighted by atomic mass is 15.0. The summed E-state index contributed by atoms with van der Waals surface area (Å²) >= 11 is 0. The third kappa shape index (κ3) is 0.710. The molecule has 0 aromatic heterocycles. The fourth-order valence-corrected chi connectivity index (χ4v) is 2.22. The van der Waals surface area contributed by atoms with E-state index in [2.05, 4.69) is 12.2 Å². The Morgan fingerprint density at radius 2 is 2.22 bits per heavy atom. The average molecular weight is 125 g/mol. The molecule has 1 aliphatic heterocycles. The van der Waals surface area contributed by atoms with Crippen molar-refractivity contribution in [3.63, 3.8) is 0 Å². The van der Waals surface area contributed by atoms with E-state index >= 15 is 0 Å². The maximum absolute atomic E-state index is 3.56. The second-order valence-electron chi connectivity index (χ2n) is 3.53. The predicted octanol–water partition coefficient (Wildman–Crippen LogP) is 1.54. The first-order valence-electron chi connectivity index (χ1n) is 4.11. The molecule has 0 amide bonds. The summed E-state index contributed by atoms with van der Waals surface area (Å²) in [5, 5.41) is 3.56. The minimum atomic E-state index is 0.800. The molecular formula is C8H15N. The van der Waals surface area contributed by atoms with E-state index in [1.54, 1.807) is 0 Å². The molecular weight excluding hydrogens is 110 g/mol. The van der Waals surface area contributed by atoms with E-state index in [4.69, 9.17) is 0 Å². The highest BCUT2D eigenvalue weighted by Gasteiger charge is 2.50. The minimum absolute atomic E-state index is 0.800. The SMILES string of the molecule is CCC1NCCC12CC2. The Labute approximate surface area is 56.8 Å². The molecule has 1 aliphatic carbocycles. The number of hydrogen-bond donors (Lipinski definition) is 1. The maximum atomic E-state index is 3.56. The van der Waals surface area contributed by atoms with Gasteiger partial charge in [0, 0.05) is 6.04 Å². The van der Waals surface area contributed by atoms with Crippen molar-refractivity contribution in [2.75, 3.05) is 6.54 Å². The number of nitrogens with one attached hydrogen (secondary N) is 1. The Bertz CT molecular complexity index is 116. The molecule has 1 heterocycles. The third-order valence-corrected chi connectivity index (χ3v) is 3.05. The monoisotopic (exact) mass is 125 g/mol. The van der Waals surface area contributed by atoms with Crippen LogP contribution in [0.5, 0.6) is 0 Å². The third-order valence-electron chi connectivity index (χ3n) is 3.05. The zero-order valence-electron chi connectivity index (χ0n) is 6.11. The van der Waals surface area contributed by atoms with E-state index in [1.165, 1.54) is 32.2 Å². The van der Waals surface area contributed by atoms with E-state index in [-0.39, 0.29) is 0 Å². The molecule has 0 bridgehead atoms. The lowest BCUT2D eigenvalue weighted by Crippen LogP contribution is -2.26. The molecule has 0 aromatic rings. The van der Waals surface area contributed by atoms with Gasteiger partial charge in [-0.15, -0.1) is 0 Å². The van der Waals surface area contributed by atoms with Crippen LogP contribution in [-0.4, -0.2) is 12.6 Å². The molecule has 1 heteroatoms. The van der Waals surface area contributed by atoms with Gasteiger partial charge in [0.1, 0.15) is 0 Å². The van der Waals surface area contributed by atoms with Gasteiger partial charge in [0.25, 0.3) is 0 Å². The van der Waals surface area contributed by atoms with Crippen LogP contribution in [0.25, 0.3) is 0 Å². The average Bonchev–Trinajstić information content (AvgIpc) is 2.45. The first-order chi connectivity index (χ1) is 4.37. The molecule has 1 nitrogen and oxygen atoms in total. The van der Waals surface area contributed by atoms with Gasteiger partial charge < -0.3 is 5.32 Å². The van der Waals surface area contributed by atoms with Gasteiger partial charge in [0.05, 0.1) is 0 Å². The molecule has 1 atom stereocenters. The summed E-state index contributed by atoms with van der Waals surface area (Å²) in [6, 6.07) is 0.873. The van der Waals surface area contributed by atoms with Crippen LogP contribution in [0, 0.1) is 5.41 Å². The zero-order chi connectivity index (χ0) is 6.32. The van der Waals surface area contributed by atoms with Gasteiger partial charge in [-0.3, -0.25) is 0 Å². The van der Waals surface area contributed by atoms with Gasteiger partial charge in [-0.05, 0) is 37.6 Å². The van der Waals surface area contributed by atoms with Gasteiger partial charge in [-0.25, -0.2) is 0 Å². The van der Waals surface area contributed by atoms with Crippen molar-refractivity contribution in [2.45, 2.75) is 38.6 Å². The molecule has 1 unspecified atom stereocenters. The van der Waals surface area contributed by atoms with E-state index in [1.807, 2.05) is 0 Å². The Morgan fingerprint density at radius 3 is 2.67 bits per heavy atom. The highest BCUT2D eigenvalue weighted by molar-refractivity contribution is 5.05. The summed E-state index contributed by atoms with van der Waals surface area (Å²) in [4.78, 5) is 0. The fraction of sp³-hybridized carbons (Fsp3) is 1.00. The molecule has 0 radical (unpaired) electrons. The van der Waals surface area contributed by atoms with Crippen molar-refractivity contribution in [1.29, 1.82) is 0 Å². The first-order valence-corrected chi connectivity index (χ1v) is 4.11. The molecule has 0 aromatic carbocycles. The molecule has 1 N–H and O–H groups in total. The van der Waals surface area contributed by atoms with Crippen molar-refractivity contribution in [2.24, 2.45) is 5.41 Å². The molecule has 2 fully saturated rings. The van der Waals surface area contributed by atoms with Crippen LogP contribution in [0.2, 0.25) is 0 Å². The Morgan fingerprint density at radius 1 is 1.44 bits per heavy atom. The lowest BCUT2D eigenvalue weighted by molar-refractivity contribution is 0.417. The number of hydrogen-bond acceptors (Lipinski definition) is 1. The highest BCUT2D eigenvalue weighted by Crippen LogP contribution is 2.54. The number of rotatable bonds is 1. The summed E-state index contributed by atoms with van der Waals surface area (Å²) in [5.41, 5.74) is 0.800. The summed E-state index contributed by atoms with van der Waals surface area (Å²) in [7, 11) is 0. The van der Waals surface area contributed by atoms with Crippen LogP contribution in [0.15, 0.2) is 0 Å². The van der Waals surface area contributed by atoms with Gasteiger partial charge >= 0.3 is 0 Å². The second kappa shape index (κ2) is 1.72. The van der Waals surface area contributed by atoms with Gasteiger partial charge in [0.2, 0.25) is 0 Å². The molecule has 1 spiro atoms. The van der Waals surface area contributed by atoms with Crippen LogP contribution in [0.1, 0.15) is 32.6 Å². The molecule has 1 saturated heterocycles. The van der Waals surface area contributed by atoms with Gasteiger partial charge in [-0.1, -0.05) is 6.92 Å². The van der Waals surface area contributed by atoms with Crippen LogP contribution in [0.3, 0.4) is 0 Å². The lowest BCUT2D eigenvalue weighted by Gasteiger charge is -2.14. The summed E-state index contributed by atoms with van der Waals surface area (Å²) < 4.78 is 0. The van der Waals surface area contributed by atoms with E-state index in [9.17, 15) is 0 Å². The molecule has 2 aliphatic rings. The predicted molar refractivity (Wildman–Crippen MR) is 38.4 cm³/mol. The summed E-state index contributed by atoms with van der Waals surface area (Å²) in [6.45, 7) is 3.57. The van der Waals surface area contributed by atoms with Crippen LogP contribution in [-0.2, 0) is 0 Å². The van der Waals surface area contributed by atoms with Gasteiger partial charge in [0.15, 0.2) is 0 Å². The first kappa shape index (κ1) is 5.72. The quantitative estimate of drug-likeness (QED) is 0.560. The normalized spacial score (nSPS) is 37.7. The summed E-state index contributed by atoms with van der Waals surface area (Å²) in [5.74, 6) is 0. The van der Waals surface area contributed by atoms with Crippen molar-refractivity contribution >= 4 is 0 Å². The molecule has 9 heavy (non-hydrogen) atoms. The summed E-state index contributed by atoms with van der Waals surface area (Å²) in [6.07, 6.45) is 5.78. The lowest BCUT2D eigenvalue weighted by atomic mass is 9.96. The van der Waals surface area contributed by atoms with Crippen molar-refractivity contribution in [3.05, 3.63) is 0 Å². The minimum Gasteiger partial charge on any atom is -0.313 e.